The Hall–Kier alpha value is -1.60. The zero-order chi connectivity index (χ0) is 13.0. The van der Waals surface area contributed by atoms with Crippen LogP contribution in [-0.4, -0.2) is 12.1 Å². The molecule has 0 radical (unpaired) electrons. The largest absolute Gasteiger partial charge is 0.380 e. The quantitative estimate of drug-likeness (QED) is 0.790. The van der Waals surface area contributed by atoms with Gasteiger partial charge in [0.25, 0.3) is 0 Å². The van der Waals surface area contributed by atoms with Crippen molar-refractivity contribution in [3.05, 3.63) is 29.6 Å². The molecule has 1 aliphatic rings. The molecule has 1 saturated carbocycles. The molecule has 1 aromatic rings. The van der Waals surface area contributed by atoms with Crippen LogP contribution in [0.5, 0.6) is 0 Å². The predicted molar refractivity (Wildman–Crippen MR) is 69.6 cm³/mol. The molecule has 4 heteroatoms. The summed E-state index contributed by atoms with van der Waals surface area (Å²) in [7, 11) is 0. The summed E-state index contributed by atoms with van der Waals surface area (Å²) >= 11 is 0. The summed E-state index contributed by atoms with van der Waals surface area (Å²) in [5.74, 6) is -0.387. The zero-order valence-corrected chi connectivity index (χ0v) is 10.3. The van der Waals surface area contributed by atoms with Crippen LogP contribution in [0, 0.1) is 17.1 Å². The Labute approximate surface area is 107 Å². The van der Waals surface area contributed by atoms with Crippen molar-refractivity contribution in [2.45, 2.75) is 44.2 Å². The molecule has 1 aromatic carbocycles. The van der Waals surface area contributed by atoms with E-state index in [-0.39, 0.29) is 17.9 Å². The van der Waals surface area contributed by atoms with E-state index in [1.807, 2.05) is 6.07 Å². The van der Waals surface area contributed by atoms with Gasteiger partial charge in [-0.2, -0.15) is 5.26 Å². The number of halogens is 1. The molecule has 2 rings (SSSR count). The van der Waals surface area contributed by atoms with Crippen molar-refractivity contribution in [1.29, 1.82) is 5.26 Å². The molecule has 2 atom stereocenters. The van der Waals surface area contributed by atoms with E-state index in [2.05, 4.69) is 5.32 Å². The second-order valence-electron chi connectivity index (χ2n) is 4.85. The minimum absolute atomic E-state index is 0.101. The number of anilines is 1. The normalized spacial score (nSPS) is 24.1. The van der Waals surface area contributed by atoms with Crippen molar-refractivity contribution in [3.8, 4) is 6.07 Å². The highest BCUT2D eigenvalue weighted by molar-refractivity contribution is 5.58. The number of benzene rings is 1. The van der Waals surface area contributed by atoms with Crippen molar-refractivity contribution in [2.24, 2.45) is 5.73 Å². The second kappa shape index (κ2) is 5.83. The molecule has 0 heterocycles. The van der Waals surface area contributed by atoms with Crippen molar-refractivity contribution >= 4 is 5.69 Å². The van der Waals surface area contributed by atoms with Crippen LogP contribution in [0.15, 0.2) is 18.2 Å². The van der Waals surface area contributed by atoms with Crippen LogP contribution in [0.25, 0.3) is 0 Å². The lowest BCUT2D eigenvalue weighted by molar-refractivity contribution is 0.528. The Balaban J connectivity index is 2.15. The van der Waals surface area contributed by atoms with Crippen molar-refractivity contribution in [3.63, 3.8) is 0 Å². The van der Waals surface area contributed by atoms with Crippen LogP contribution in [0.4, 0.5) is 10.1 Å². The molecule has 1 aliphatic carbocycles. The Bertz CT molecular complexity index is 453. The first-order valence-electron chi connectivity index (χ1n) is 6.42. The van der Waals surface area contributed by atoms with Gasteiger partial charge in [-0.3, -0.25) is 0 Å². The first-order valence-corrected chi connectivity index (χ1v) is 6.42. The van der Waals surface area contributed by atoms with Gasteiger partial charge in [-0.1, -0.05) is 19.3 Å². The van der Waals surface area contributed by atoms with E-state index < -0.39 is 0 Å². The van der Waals surface area contributed by atoms with Crippen LogP contribution in [0.3, 0.4) is 0 Å². The van der Waals surface area contributed by atoms with Gasteiger partial charge < -0.3 is 11.1 Å². The van der Waals surface area contributed by atoms with Gasteiger partial charge in [0, 0.05) is 12.1 Å². The molecule has 0 saturated heterocycles. The molecular formula is C14H18FN3. The highest BCUT2D eigenvalue weighted by Gasteiger charge is 2.21. The van der Waals surface area contributed by atoms with Gasteiger partial charge in [-0.15, -0.1) is 0 Å². The van der Waals surface area contributed by atoms with Crippen LogP contribution in [0.1, 0.15) is 37.7 Å². The number of rotatable bonds is 2. The van der Waals surface area contributed by atoms with E-state index in [9.17, 15) is 4.39 Å². The molecule has 18 heavy (non-hydrogen) atoms. The topological polar surface area (TPSA) is 61.8 Å². The lowest BCUT2D eigenvalue weighted by atomic mass is 10.0. The Morgan fingerprint density at radius 1 is 1.28 bits per heavy atom. The van der Waals surface area contributed by atoms with E-state index >= 15 is 0 Å². The Morgan fingerprint density at radius 2 is 2.06 bits per heavy atom. The second-order valence-corrected chi connectivity index (χ2v) is 4.85. The molecule has 0 bridgehead atoms. The Morgan fingerprint density at radius 3 is 2.83 bits per heavy atom. The van der Waals surface area contributed by atoms with E-state index in [1.54, 1.807) is 6.07 Å². The molecule has 96 valence electrons. The molecule has 0 aromatic heterocycles. The summed E-state index contributed by atoms with van der Waals surface area (Å²) < 4.78 is 13.1. The lowest BCUT2D eigenvalue weighted by Crippen LogP contribution is -2.39. The molecule has 0 aliphatic heterocycles. The summed E-state index contributed by atoms with van der Waals surface area (Å²) in [4.78, 5) is 0. The summed E-state index contributed by atoms with van der Waals surface area (Å²) in [5.41, 5.74) is 7.15. The maximum absolute atomic E-state index is 13.1. The van der Waals surface area contributed by atoms with E-state index in [1.165, 1.54) is 18.6 Å². The number of nitrogens with two attached hydrogens (primary N) is 1. The molecule has 3 N–H and O–H groups in total. The fourth-order valence-electron chi connectivity index (χ4n) is 2.45. The van der Waals surface area contributed by atoms with Gasteiger partial charge in [-0.25, -0.2) is 4.39 Å². The molecule has 0 spiro atoms. The minimum atomic E-state index is -0.387. The third-order valence-corrected chi connectivity index (χ3v) is 3.51. The lowest BCUT2D eigenvalue weighted by Gasteiger charge is -2.24. The average molecular weight is 247 g/mol. The van der Waals surface area contributed by atoms with Crippen molar-refractivity contribution in [2.75, 3.05) is 5.32 Å². The van der Waals surface area contributed by atoms with E-state index in [4.69, 9.17) is 11.0 Å². The number of hydrogen-bond acceptors (Lipinski definition) is 3. The molecule has 0 amide bonds. The minimum Gasteiger partial charge on any atom is -0.380 e. The first kappa shape index (κ1) is 12.8. The van der Waals surface area contributed by atoms with Gasteiger partial charge in [-0.05, 0) is 31.0 Å². The zero-order valence-electron chi connectivity index (χ0n) is 10.3. The summed E-state index contributed by atoms with van der Waals surface area (Å²) in [6.45, 7) is 0. The average Bonchev–Trinajstić information content (AvgIpc) is 2.57. The molecule has 2 unspecified atom stereocenters. The summed E-state index contributed by atoms with van der Waals surface area (Å²) in [5, 5.41) is 12.3. The highest BCUT2D eigenvalue weighted by Crippen LogP contribution is 2.23. The van der Waals surface area contributed by atoms with E-state index in [0.29, 0.717) is 11.3 Å². The monoisotopic (exact) mass is 247 g/mol. The number of hydrogen-bond donors (Lipinski definition) is 2. The number of nitrogens with one attached hydrogen (secondary N) is 1. The fourth-order valence-corrected chi connectivity index (χ4v) is 2.45. The molecular weight excluding hydrogens is 229 g/mol. The van der Waals surface area contributed by atoms with Crippen LogP contribution >= 0.6 is 0 Å². The molecule has 1 fully saturated rings. The number of nitrogens with zero attached hydrogens (tertiary/aromatic N) is 1. The van der Waals surface area contributed by atoms with E-state index in [0.717, 1.165) is 25.7 Å². The Kier molecular flexibility index (Phi) is 4.16. The van der Waals surface area contributed by atoms with Gasteiger partial charge in [0.1, 0.15) is 11.9 Å². The summed E-state index contributed by atoms with van der Waals surface area (Å²) in [6, 6.07) is 6.52. The predicted octanol–water partition coefficient (Wildman–Crippen LogP) is 2.77. The maximum atomic E-state index is 13.1. The van der Waals surface area contributed by atoms with Gasteiger partial charge >= 0.3 is 0 Å². The van der Waals surface area contributed by atoms with Gasteiger partial charge in [0.2, 0.25) is 0 Å². The van der Waals surface area contributed by atoms with Crippen LogP contribution < -0.4 is 11.1 Å². The summed E-state index contributed by atoms with van der Waals surface area (Å²) in [6.07, 6.45) is 5.52. The van der Waals surface area contributed by atoms with Crippen LogP contribution in [-0.2, 0) is 0 Å². The van der Waals surface area contributed by atoms with Crippen molar-refractivity contribution < 1.29 is 4.39 Å². The van der Waals surface area contributed by atoms with Crippen LogP contribution in [0.2, 0.25) is 0 Å². The SMILES string of the molecule is N#Cc1cc(F)ccc1NC1CCCCCC1N. The first-order chi connectivity index (χ1) is 8.70. The van der Waals surface area contributed by atoms with Crippen molar-refractivity contribution in [1.82, 2.24) is 0 Å². The maximum Gasteiger partial charge on any atom is 0.124 e. The van der Waals surface area contributed by atoms with Gasteiger partial charge in [0.05, 0.1) is 11.3 Å². The standard InChI is InChI=1S/C14H18FN3/c15-11-6-7-13(10(8-11)9-16)18-14-5-3-1-2-4-12(14)17/h6-8,12,14,18H,1-5,17H2. The van der Waals surface area contributed by atoms with Gasteiger partial charge in [0.15, 0.2) is 0 Å². The molecule has 3 nitrogen and oxygen atoms in total. The fraction of sp³-hybridized carbons (Fsp3) is 0.500. The highest BCUT2D eigenvalue weighted by atomic mass is 19.1. The smallest absolute Gasteiger partial charge is 0.124 e. The number of nitriles is 1. The third-order valence-electron chi connectivity index (χ3n) is 3.51. The third kappa shape index (κ3) is 2.99.